The van der Waals surface area contributed by atoms with E-state index in [1.165, 1.54) is 0 Å². The van der Waals surface area contributed by atoms with E-state index in [2.05, 4.69) is 12.2 Å². The van der Waals surface area contributed by atoms with Crippen LogP contribution in [0.1, 0.15) is 47.4 Å². The first-order chi connectivity index (χ1) is 10.7. The lowest BCUT2D eigenvalue weighted by atomic mass is 10.0. The van der Waals surface area contributed by atoms with Crippen molar-refractivity contribution >= 4 is 17.5 Å². The van der Waals surface area contributed by atoms with Crippen molar-refractivity contribution in [3.63, 3.8) is 0 Å². The maximum Gasteiger partial charge on any atom is 0.255 e. The van der Waals surface area contributed by atoms with E-state index in [0.717, 1.165) is 24.0 Å². The second-order valence-electron chi connectivity index (χ2n) is 5.43. The molecular formula is C18H18ClNO2. The monoisotopic (exact) mass is 315 g/mol. The van der Waals surface area contributed by atoms with Crippen molar-refractivity contribution in [3.8, 4) is 5.75 Å². The smallest absolute Gasteiger partial charge is 0.255 e. The molecule has 1 aliphatic rings. The van der Waals surface area contributed by atoms with Crippen LogP contribution in [0.2, 0.25) is 5.02 Å². The normalized spacial score (nSPS) is 14.4. The molecule has 0 unspecified atom stereocenters. The third-order valence-electron chi connectivity index (χ3n) is 3.81. The van der Waals surface area contributed by atoms with E-state index in [4.69, 9.17) is 16.3 Å². The van der Waals surface area contributed by atoms with Gasteiger partial charge in [0.2, 0.25) is 0 Å². The fourth-order valence-corrected chi connectivity index (χ4v) is 3.00. The Balaban J connectivity index is 1.96. The van der Waals surface area contributed by atoms with Crippen LogP contribution in [-0.2, 0) is 6.54 Å². The maximum absolute atomic E-state index is 12.0. The largest absolute Gasteiger partial charge is 0.485 e. The highest BCUT2D eigenvalue weighted by Crippen LogP contribution is 2.34. The number of amides is 1. The zero-order valence-corrected chi connectivity index (χ0v) is 13.2. The second-order valence-corrected chi connectivity index (χ2v) is 5.86. The molecule has 0 aliphatic carbocycles. The summed E-state index contributed by atoms with van der Waals surface area (Å²) in [5.41, 5.74) is 2.62. The number of fused-ring (bicyclic) bond motifs is 1. The van der Waals surface area contributed by atoms with Gasteiger partial charge in [-0.05, 0) is 29.7 Å². The van der Waals surface area contributed by atoms with Gasteiger partial charge in [-0.15, -0.1) is 0 Å². The number of carbonyl (C=O) groups excluding carboxylic acids is 1. The summed E-state index contributed by atoms with van der Waals surface area (Å²) < 4.78 is 6.19. The lowest BCUT2D eigenvalue weighted by molar-refractivity contribution is 0.0958. The average Bonchev–Trinajstić information content (AvgIpc) is 2.89. The maximum atomic E-state index is 12.0. The van der Waals surface area contributed by atoms with E-state index < -0.39 is 0 Å². The van der Waals surface area contributed by atoms with Gasteiger partial charge < -0.3 is 10.1 Å². The van der Waals surface area contributed by atoms with Crippen molar-refractivity contribution in [2.24, 2.45) is 0 Å². The molecule has 22 heavy (non-hydrogen) atoms. The van der Waals surface area contributed by atoms with Crippen LogP contribution in [0, 0.1) is 0 Å². The molecule has 1 atom stereocenters. The summed E-state index contributed by atoms with van der Waals surface area (Å²) in [6.07, 6.45) is 1.80. The molecule has 2 aromatic carbocycles. The zero-order valence-electron chi connectivity index (χ0n) is 12.4. The first kappa shape index (κ1) is 14.9. The predicted octanol–water partition coefficient (Wildman–Crippen LogP) is 4.50. The summed E-state index contributed by atoms with van der Waals surface area (Å²) in [6.45, 7) is 2.63. The van der Waals surface area contributed by atoms with Gasteiger partial charge in [-0.2, -0.15) is 0 Å². The van der Waals surface area contributed by atoms with Gasteiger partial charge in [-0.3, -0.25) is 4.79 Å². The minimum Gasteiger partial charge on any atom is -0.485 e. The quantitative estimate of drug-likeness (QED) is 0.882. The molecule has 0 fully saturated rings. The molecule has 114 valence electrons. The van der Waals surface area contributed by atoms with E-state index in [-0.39, 0.29) is 12.0 Å². The fraction of sp³-hybridized carbons (Fsp3) is 0.278. The average molecular weight is 316 g/mol. The van der Waals surface area contributed by atoms with Gasteiger partial charge in [-0.25, -0.2) is 0 Å². The number of rotatable bonds is 5. The van der Waals surface area contributed by atoms with Crippen LogP contribution in [0.3, 0.4) is 0 Å². The molecule has 0 aromatic heterocycles. The molecule has 2 aromatic rings. The predicted molar refractivity (Wildman–Crippen MR) is 87.3 cm³/mol. The molecule has 4 heteroatoms. The highest BCUT2D eigenvalue weighted by Gasteiger charge is 2.26. The summed E-state index contributed by atoms with van der Waals surface area (Å²) in [5.74, 6) is 0.477. The summed E-state index contributed by atoms with van der Waals surface area (Å²) >= 11 is 6.16. The molecule has 0 saturated heterocycles. The van der Waals surface area contributed by atoms with Crippen molar-refractivity contribution in [1.29, 1.82) is 0 Å². The van der Waals surface area contributed by atoms with Crippen LogP contribution < -0.4 is 10.1 Å². The molecule has 0 radical (unpaired) electrons. The lowest BCUT2D eigenvalue weighted by Crippen LogP contribution is -2.14. The van der Waals surface area contributed by atoms with Crippen molar-refractivity contribution in [3.05, 3.63) is 64.2 Å². The first-order valence-corrected chi connectivity index (χ1v) is 7.89. The Morgan fingerprint density at radius 2 is 2.05 bits per heavy atom. The van der Waals surface area contributed by atoms with Crippen molar-refractivity contribution < 1.29 is 9.53 Å². The van der Waals surface area contributed by atoms with Gasteiger partial charge in [0.1, 0.15) is 11.9 Å². The number of halogens is 1. The van der Waals surface area contributed by atoms with E-state index in [1.54, 1.807) is 6.07 Å². The van der Waals surface area contributed by atoms with Gasteiger partial charge in [0.05, 0.1) is 5.56 Å². The van der Waals surface area contributed by atoms with E-state index in [1.807, 2.05) is 36.4 Å². The summed E-state index contributed by atoms with van der Waals surface area (Å²) in [7, 11) is 0. The Bertz CT molecular complexity index is 685. The topological polar surface area (TPSA) is 38.3 Å². The summed E-state index contributed by atoms with van der Waals surface area (Å²) in [4.78, 5) is 12.0. The van der Waals surface area contributed by atoms with Gasteiger partial charge >= 0.3 is 0 Å². The third kappa shape index (κ3) is 2.95. The van der Waals surface area contributed by atoms with Crippen molar-refractivity contribution in [1.82, 2.24) is 5.32 Å². The van der Waals surface area contributed by atoms with Gasteiger partial charge in [0, 0.05) is 11.6 Å². The molecule has 3 rings (SSSR count). The molecular weight excluding hydrogens is 298 g/mol. The highest BCUT2D eigenvalue weighted by atomic mass is 35.5. The SMILES string of the molecule is CCC[C@@H](Oc1cc(Cl)cc2c1C(=O)NC2)c1ccccc1. The van der Waals surface area contributed by atoms with Crippen LogP contribution in [0.25, 0.3) is 0 Å². The number of nitrogens with one attached hydrogen (secondary N) is 1. The fourth-order valence-electron chi connectivity index (χ4n) is 2.77. The van der Waals surface area contributed by atoms with Crippen LogP contribution in [-0.4, -0.2) is 5.91 Å². The third-order valence-corrected chi connectivity index (χ3v) is 4.02. The summed E-state index contributed by atoms with van der Waals surface area (Å²) in [5, 5.41) is 3.41. The lowest BCUT2D eigenvalue weighted by Gasteiger charge is -2.20. The molecule has 3 nitrogen and oxygen atoms in total. The van der Waals surface area contributed by atoms with E-state index in [9.17, 15) is 4.79 Å². The molecule has 1 aliphatic heterocycles. The number of benzene rings is 2. The highest BCUT2D eigenvalue weighted by molar-refractivity contribution is 6.31. The van der Waals surface area contributed by atoms with E-state index >= 15 is 0 Å². The van der Waals surface area contributed by atoms with Crippen molar-refractivity contribution in [2.45, 2.75) is 32.4 Å². The number of carbonyl (C=O) groups is 1. The molecule has 0 spiro atoms. The van der Waals surface area contributed by atoms with Crippen LogP contribution in [0.5, 0.6) is 5.75 Å². The van der Waals surface area contributed by atoms with Crippen molar-refractivity contribution in [2.75, 3.05) is 0 Å². The van der Waals surface area contributed by atoms with Crippen LogP contribution in [0.15, 0.2) is 42.5 Å². The van der Waals surface area contributed by atoms with Crippen LogP contribution in [0.4, 0.5) is 0 Å². The Morgan fingerprint density at radius 1 is 1.27 bits per heavy atom. The number of ether oxygens (including phenoxy) is 1. The second kappa shape index (κ2) is 6.41. The Kier molecular flexibility index (Phi) is 4.34. The standard InChI is InChI=1S/C18H18ClNO2/c1-2-6-15(12-7-4-3-5-8-12)22-16-10-14(19)9-13-11-20-18(21)17(13)16/h3-5,7-10,15H,2,6,11H2,1H3,(H,20,21)/t15-/m1/s1. The Hall–Kier alpha value is -2.00. The molecule has 1 heterocycles. The zero-order chi connectivity index (χ0) is 15.5. The number of hydrogen-bond donors (Lipinski definition) is 1. The minimum absolute atomic E-state index is 0.0813. The minimum atomic E-state index is -0.0926. The Labute approximate surface area is 135 Å². The van der Waals surface area contributed by atoms with Gasteiger partial charge in [-0.1, -0.05) is 55.3 Å². The van der Waals surface area contributed by atoms with Gasteiger partial charge in [0.15, 0.2) is 0 Å². The Morgan fingerprint density at radius 3 is 2.77 bits per heavy atom. The molecule has 1 amide bonds. The van der Waals surface area contributed by atoms with E-state index in [0.29, 0.717) is 22.9 Å². The molecule has 0 saturated carbocycles. The summed E-state index contributed by atoms with van der Waals surface area (Å²) in [6, 6.07) is 13.6. The van der Waals surface area contributed by atoms with Crippen LogP contribution >= 0.6 is 11.6 Å². The molecule has 0 bridgehead atoms. The van der Waals surface area contributed by atoms with Gasteiger partial charge in [0.25, 0.3) is 5.91 Å². The molecule has 1 N–H and O–H groups in total. The first-order valence-electron chi connectivity index (χ1n) is 7.51. The number of hydrogen-bond acceptors (Lipinski definition) is 2.